The van der Waals surface area contributed by atoms with Gasteiger partial charge in [0.15, 0.2) is 5.82 Å². The van der Waals surface area contributed by atoms with Crippen LogP contribution in [0.25, 0.3) is 0 Å². The Morgan fingerprint density at radius 1 is 1.15 bits per heavy atom. The number of rotatable bonds is 0. The van der Waals surface area contributed by atoms with E-state index in [4.69, 9.17) is 14.7 Å². The second-order valence-corrected chi connectivity index (χ2v) is 6.41. The Hall–Kier alpha value is -2.86. The minimum atomic E-state index is -0.507. The van der Waals surface area contributed by atoms with E-state index in [1.54, 1.807) is 12.1 Å². The van der Waals surface area contributed by atoms with Gasteiger partial charge in [0.25, 0.3) is 5.88 Å². The monoisotopic (exact) mass is 417 g/mol. The van der Waals surface area contributed by atoms with Crippen molar-refractivity contribution in [1.82, 2.24) is 9.97 Å². The van der Waals surface area contributed by atoms with Gasteiger partial charge in [-0.2, -0.15) is 10.2 Å². The molecule has 3 rings (SSSR count). The fourth-order valence-electron chi connectivity index (χ4n) is 2.34. The standard InChI is InChI=1S/C17H16BrN5O3/c18-11-4-5-14-12(8-11)21-17(24)23-15-10-20-13(9-19)16(22-15)26-7-3-1-2-6-25-14/h4-5,8,10H,1-3,6-7H2,(H2,21,22,23,24). The highest BCUT2D eigenvalue weighted by molar-refractivity contribution is 9.10. The van der Waals surface area contributed by atoms with Crippen molar-refractivity contribution in [3.8, 4) is 17.7 Å². The molecule has 0 atom stereocenters. The van der Waals surface area contributed by atoms with Gasteiger partial charge in [-0.1, -0.05) is 15.9 Å². The fourth-order valence-corrected chi connectivity index (χ4v) is 2.70. The zero-order valence-electron chi connectivity index (χ0n) is 13.8. The van der Waals surface area contributed by atoms with Gasteiger partial charge in [-0.05, 0) is 37.5 Å². The molecule has 0 unspecified atom stereocenters. The summed E-state index contributed by atoms with van der Waals surface area (Å²) in [4.78, 5) is 20.4. The molecular weight excluding hydrogens is 402 g/mol. The smallest absolute Gasteiger partial charge is 0.325 e. The number of urea groups is 1. The van der Waals surface area contributed by atoms with E-state index in [0.29, 0.717) is 24.7 Å². The van der Waals surface area contributed by atoms with Gasteiger partial charge in [-0.3, -0.25) is 5.32 Å². The van der Waals surface area contributed by atoms with Crippen LogP contribution in [0, 0.1) is 11.3 Å². The van der Waals surface area contributed by atoms with Crippen LogP contribution >= 0.6 is 15.9 Å². The third-order valence-electron chi connectivity index (χ3n) is 3.56. The molecule has 8 nitrogen and oxygen atoms in total. The number of hydrogen-bond acceptors (Lipinski definition) is 6. The van der Waals surface area contributed by atoms with E-state index in [9.17, 15) is 4.79 Å². The summed E-state index contributed by atoms with van der Waals surface area (Å²) < 4.78 is 12.1. The summed E-state index contributed by atoms with van der Waals surface area (Å²) in [6.45, 7) is 0.928. The third-order valence-corrected chi connectivity index (χ3v) is 4.06. The number of anilines is 2. The molecule has 0 spiro atoms. The number of ether oxygens (including phenoxy) is 2. The molecule has 0 aliphatic carbocycles. The van der Waals surface area contributed by atoms with E-state index in [-0.39, 0.29) is 17.4 Å². The van der Waals surface area contributed by atoms with Crippen LogP contribution in [0.1, 0.15) is 25.0 Å². The molecule has 2 heterocycles. The predicted molar refractivity (Wildman–Crippen MR) is 98.4 cm³/mol. The Morgan fingerprint density at radius 2 is 1.96 bits per heavy atom. The van der Waals surface area contributed by atoms with Crippen molar-refractivity contribution in [3.63, 3.8) is 0 Å². The summed E-state index contributed by atoms with van der Waals surface area (Å²) in [6, 6.07) is 6.82. The van der Waals surface area contributed by atoms with Gasteiger partial charge in [-0.25, -0.2) is 9.78 Å². The average molecular weight is 418 g/mol. The van der Waals surface area contributed by atoms with Crippen LogP contribution in [0.2, 0.25) is 0 Å². The molecule has 2 aromatic rings. The Bertz CT molecular complexity index is 853. The number of halogens is 1. The van der Waals surface area contributed by atoms with Crippen LogP contribution in [0.5, 0.6) is 11.6 Å². The molecule has 2 N–H and O–H groups in total. The molecule has 1 aliphatic heterocycles. The number of nitrogens with zero attached hydrogens (tertiary/aromatic N) is 3. The Labute approximate surface area is 158 Å². The molecule has 1 aliphatic rings. The van der Waals surface area contributed by atoms with Gasteiger partial charge < -0.3 is 14.8 Å². The minimum absolute atomic E-state index is 0.0814. The summed E-state index contributed by atoms with van der Waals surface area (Å²) in [5, 5.41) is 14.4. The Kier molecular flexibility index (Phi) is 5.86. The molecule has 1 aromatic heterocycles. The summed E-state index contributed by atoms with van der Waals surface area (Å²) in [6.07, 6.45) is 3.83. The number of fused-ring (bicyclic) bond motifs is 3. The molecule has 2 bridgehead atoms. The van der Waals surface area contributed by atoms with E-state index in [2.05, 4.69) is 36.5 Å². The number of nitrogens with one attached hydrogen (secondary N) is 2. The number of hydrogen-bond donors (Lipinski definition) is 2. The predicted octanol–water partition coefficient (Wildman–Crippen LogP) is 3.70. The molecule has 2 amide bonds. The number of benzene rings is 1. The molecule has 0 radical (unpaired) electrons. The first kappa shape index (κ1) is 17.9. The molecule has 0 saturated carbocycles. The van der Waals surface area contributed by atoms with Gasteiger partial charge in [0.2, 0.25) is 5.69 Å². The highest BCUT2D eigenvalue weighted by atomic mass is 79.9. The molecule has 9 heteroatoms. The third kappa shape index (κ3) is 4.61. The molecule has 26 heavy (non-hydrogen) atoms. The van der Waals surface area contributed by atoms with E-state index >= 15 is 0 Å². The number of carbonyl (C=O) groups is 1. The SMILES string of the molecule is N#Cc1ncc2nc1OCCCCCOc1ccc(Br)cc1NC(=O)N2. The van der Waals surface area contributed by atoms with Crippen molar-refractivity contribution >= 4 is 33.5 Å². The zero-order valence-corrected chi connectivity index (χ0v) is 15.4. The molecule has 1 aromatic carbocycles. The lowest BCUT2D eigenvalue weighted by Crippen LogP contribution is -2.21. The van der Waals surface area contributed by atoms with Crippen molar-refractivity contribution in [2.24, 2.45) is 0 Å². The van der Waals surface area contributed by atoms with E-state index in [1.165, 1.54) is 6.20 Å². The van der Waals surface area contributed by atoms with E-state index in [1.807, 2.05) is 12.1 Å². The van der Waals surface area contributed by atoms with Gasteiger partial charge in [0.05, 0.1) is 25.1 Å². The fraction of sp³-hybridized carbons (Fsp3) is 0.294. The lowest BCUT2D eigenvalue weighted by molar-refractivity contribution is 0.261. The van der Waals surface area contributed by atoms with Crippen molar-refractivity contribution in [2.45, 2.75) is 19.3 Å². The van der Waals surface area contributed by atoms with Crippen molar-refractivity contribution in [3.05, 3.63) is 34.6 Å². The first-order valence-corrected chi connectivity index (χ1v) is 8.85. The lowest BCUT2D eigenvalue weighted by atomic mass is 10.2. The molecular formula is C17H16BrN5O3. The minimum Gasteiger partial charge on any atom is -0.491 e. The van der Waals surface area contributed by atoms with Gasteiger partial charge in [0.1, 0.15) is 11.8 Å². The van der Waals surface area contributed by atoms with Crippen LogP contribution < -0.4 is 20.1 Å². The summed E-state index contributed by atoms with van der Waals surface area (Å²) in [7, 11) is 0. The van der Waals surface area contributed by atoms with Crippen molar-refractivity contribution in [1.29, 1.82) is 5.26 Å². The van der Waals surface area contributed by atoms with Crippen LogP contribution in [0.15, 0.2) is 28.9 Å². The molecule has 134 valence electrons. The number of carbonyl (C=O) groups excluding carboxylic acids is 1. The van der Waals surface area contributed by atoms with Crippen LogP contribution in [0.4, 0.5) is 16.3 Å². The topological polar surface area (TPSA) is 109 Å². The second-order valence-electron chi connectivity index (χ2n) is 5.50. The quantitative estimate of drug-likeness (QED) is 0.676. The van der Waals surface area contributed by atoms with E-state index < -0.39 is 6.03 Å². The van der Waals surface area contributed by atoms with Crippen molar-refractivity contribution in [2.75, 3.05) is 23.8 Å². The molecule has 0 fully saturated rings. The highest BCUT2D eigenvalue weighted by Gasteiger charge is 2.13. The zero-order chi connectivity index (χ0) is 18.4. The van der Waals surface area contributed by atoms with Crippen LogP contribution in [-0.2, 0) is 0 Å². The van der Waals surface area contributed by atoms with E-state index in [0.717, 1.165) is 23.7 Å². The Morgan fingerprint density at radius 3 is 2.77 bits per heavy atom. The highest BCUT2D eigenvalue weighted by Crippen LogP contribution is 2.29. The first-order chi connectivity index (χ1) is 12.7. The first-order valence-electron chi connectivity index (χ1n) is 8.06. The maximum absolute atomic E-state index is 12.3. The van der Waals surface area contributed by atoms with Gasteiger partial charge in [-0.15, -0.1) is 0 Å². The normalized spacial score (nSPS) is 14.8. The van der Waals surface area contributed by atoms with Crippen LogP contribution in [0.3, 0.4) is 0 Å². The maximum atomic E-state index is 12.3. The Balaban J connectivity index is 1.87. The average Bonchev–Trinajstić information content (AvgIpc) is 2.62. The number of amides is 2. The second kappa shape index (κ2) is 8.49. The lowest BCUT2D eigenvalue weighted by Gasteiger charge is -2.13. The maximum Gasteiger partial charge on any atom is 0.325 e. The largest absolute Gasteiger partial charge is 0.491 e. The molecule has 0 saturated heterocycles. The summed E-state index contributed by atoms with van der Waals surface area (Å²) in [5.41, 5.74) is 0.614. The summed E-state index contributed by atoms with van der Waals surface area (Å²) >= 11 is 3.38. The van der Waals surface area contributed by atoms with Crippen molar-refractivity contribution < 1.29 is 14.3 Å². The number of aromatic nitrogens is 2. The van der Waals surface area contributed by atoms with Crippen LogP contribution in [-0.4, -0.2) is 29.2 Å². The van der Waals surface area contributed by atoms with Gasteiger partial charge >= 0.3 is 6.03 Å². The number of nitriles is 1. The summed E-state index contributed by atoms with van der Waals surface area (Å²) in [5.74, 6) is 0.879. The van der Waals surface area contributed by atoms with Gasteiger partial charge in [0, 0.05) is 4.47 Å².